The Balaban J connectivity index is 2.12. The molecule has 2 N–H and O–H groups in total. The Morgan fingerprint density at radius 2 is 2.14 bits per heavy atom. The fourth-order valence-electron chi connectivity index (χ4n) is 1.47. The van der Waals surface area contributed by atoms with Crippen LogP contribution in [0.25, 0.3) is 0 Å². The van der Waals surface area contributed by atoms with Crippen LogP contribution in [0.5, 0.6) is 0 Å². The number of halogens is 1. The highest BCUT2D eigenvalue weighted by atomic mass is 35.5. The van der Waals surface area contributed by atoms with Crippen LogP contribution >= 0.6 is 22.9 Å². The van der Waals surface area contributed by atoms with Gasteiger partial charge in [-0.05, 0) is 25.4 Å². The van der Waals surface area contributed by atoms with E-state index < -0.39 is 0 Å². The molecule has 2 aromatic rings. The Kier molecular flexibility index (Phi) is 5.03. The van der Waals surface area contributed by atoms with E-state index in [0.717, 1.165) is 0 Å². The molecule has 0 aliphatic carbocycles. The van der Waals surface area contributed by atoms with Crippen molar-refractivity contribution in [2.45, 2.75) is 33.2 Å². The highest BCUT2D eigenvalue weighted by Gasteiger charge is 2.12. The zero-order valence-corrected chi connectivity index (χ0v) is 13.4. The van der Waals surface area contributed by atoms with Gasteiger partial charge in [0.2, 0.25) is 11.2 Å². The summed E-state index contributed by atoms with van der Waals surface area (Å²) in [7, 11) is 0. The predicted molar refractivity (Wildman–Crippen MR) is 82.2 cm³/mol. The van der Waals surface area contributed by atoms with Gasteiger partial charge in [0.05, 0.1) is 6.20 Å². The van der Waals surface area contributed by atoms with Gasteiger partial charge >= 0.3 is 0 Å². The van der Waals surface area contributed by atoms with Crippen LogP contribution in [-0.2, 0) is 6.42 Å². The summed E-state index contributed by atoms with van der Waals surface area (Å²) in [5, 5.41) is 6.38. The molecule has 2 rings (SSSR count). The van der Waals surface area contributed by atoms with Crippen molar-refractivity contribution in [1.82, 2.24) is 25.3 Å². The van der Waals surface area contributed by atoms with E-state index in [1.165, 1.54) is 17.5 Å². The van der Waals surface area contributed by atoms with Gasteiger partial charge < -0.3 is 5.32 Å². The summed E-state index contributed by atoms with van der Waals surface area (Å²) < 4.78 is 0. The first kappa shape index (κ1) is 15.6. The van der Waals surface area contributed by atoms with Crippen molar-refractivity contribution in [2.75, 3.05) is 5.32 Å². The first-order chi connectivity index (χ1) is 9.97. The third-order valence-electron chi connectivity index (χ3n) is 2.34. The van der Waals surface area contributed by atoms with Gasteiger partial charge in [0, 0.05) is 12.5 Å². The summed E-state index contributed by atoms with van der Waals surface area (Å²) in [6, 6.07) is 0.0745. The number of hydrogen-bond donors (Lipinski definition) is 2. The number of nitrogens with one attached hydrogen (secondary N) is 2. The first-order valence-electron chi connectivity index (χ1n) is 6.42. The van der Waals surface area contributed by atoms with Gasteiger partial charge in [-0.1, -0.05) is 18.3 Å². The van der Waals surface area contributed by atoms with Crippen molar-refractivity contribution in [2.24, 2.45) is 0 Å². The van der Waals surface area contributed by atoms with E-state index in [0.29, 0.717) is 28.2 Å². The average Bonchev–Trinajstić information content (AvgIpc) is 2.85. The second kappa shape index (κ2) is 6.77. The van der Waals surface area contributed by atoms with E-state index in [2.05, 4.69) is 30.6 Å². The molecule has 2 heterocycles. The van der Waals surface area contributed by atoms with Crippen molar-refractivity contribution in [3.63, 3.8) is 0 Å². The Bertz CT molecular complexity index is 644. The summed E-state index contributed by atoms with van der Waals surface area (Å²) >= 11 is 7.04. The molecule has 0 aromatic carbocycles. The number of thiazole rings is 1. The number of aryl methyl sites for hydroxylation is 1. The molecular formula is C12H15ClN6OS. The molecule has 0 radical (unpaired) electrons. The molecule has 1 amide bonds. The molecule has 112 valence electrons. The van der Waals surface area contributed by atoms with Crippen LogP contribution in [0.15, 0.2) is 6.20 Å². The lowest BCUT2D eigenvalue weighted by atomic mass is 10.4. The zero-order chi connectivity index (χ0) is 15.4. The quantitative estimate of drug-likeness (QED) is 0.876. The van der Waals surface area contributed by atoms with Gasteiger partial charge in [-0.15, -0.1) is 0 Å². The number of hydrogen-bond acceptors (Lipinski definition) is 7. The van der Waals surface area contributed by atoms with Gasteiger partial charge in [0.15, 0.2) is 5.13 Å². The van der Waals surface area contributed by atoms with E-state index in [9.17, 15) is 4.79 Å². The molecule has 0 aliphatic rings. The van der Waals surface area contributed by atoms with Crippen LogP contribution in [0.2, 0.25) is 5.28 Å². The number of aromatic nitrogens is 4. The Hall–Kier alpha value is -1.80. The lowest BCUT2D eigenvalue weighted by molar-refractivity contribution is 0.0947. The van der Waals surface area contributed by atoms with Crippen LogP contribution in [-0.4, -0.2) is 31.9 Å². The SMILES string of the molecule is CCc1nc(Cl)nc(Nc2ncc(C(=O)NC(C)C)s2)n1. The molecule has 0 atom stereocenters. The monoisotopic (exact) mass is 326 g/mol. The largest absolute Gasteiger partial charge is 0.349 e. The Morgan fingerprint density at radius 3 is 2.81 bits per heavy atom. The van der Waals surface area contributed by atoms with E-state index in [1.807, 2.05) is 20.8 Å². The van der Waals surface area contributed by atoms with Crippen molar-refractivity contribution in [3.8, 4) is 0 Å². The predicted octanol–water partition coefficient (Wildman–Crippen LogP) is 2.43. The lowest BCUT2D eigenvalue weighted by Crippen LogP contribution is -2.29. The number of carbonyl (C=O) groups excluding carboxylic acids is 1. The summed E-state index contributed by atoms with van der Waals surface area (Å²) in [4.78, 5) is 28.6. The molecule has 0 aliphatic heterocycles. The number of carbonyl (C=O) groups is 1. The van der Waals surface area contributed by atoms with Gasteiger partial charge in [-0.25, -0.2) is 9.97 Å². The smallest absolute Gasteiger partial charge is 0.263 e. The molecule has 0 unspecified atom stereocenters. The first-order valence-corrected chi connectivity index (χ1v) is 7.61. The molecule has 0 bridgehead atoms. The molecule has 0 spiro atoms. The Morgan fingerprint density at radius 1 is 1.38 bits per heavy atom. The minimum atomic E-state index is -0.154. The normalized spacial score (nSPS) is 10.7. The minimum absolute atomic E-state index is 0.0745. The third kappa shape index (κ3) is 4.33. The van der Waals surface area contributed by atoms with E-state index in [4.69, 9.17) is 11.6 Å². The summed E-state index contributed by atoms with van der Waals surface area (Å²) in [5.74, 6) is 0.752. The van der Waals surface area contributed by atoms with Gasteiger partial charge in [-0.2, -0.15) is 9.97 Å². The van der Waals surface area contributed by atoms with Crippen molar-refractivity contribution >= 4 is 39.9 Å². The van der Waals surface area contributed by atoms with Gasteiger partial charge in [0.25, 0.3) is 5.91 Å². The number of anilines is 2. The molecular weight excluding hydrogens is 312 g/mol. The number of amides is 1. The van der Waals surface area contributed by atoms with Gasteiger partial charge in [-0.3, -0.25) is 10.1 Å². The summed E-state index contributed by atoms with van der Waals surface area (Å²) in [6.45, 7) is 5.72. The second-order valence-corrected chi connectivity index (χ2v) is 5.85. The highest BCUT2D eigenvalue weighted by Crippen LogP contribution is 2.21. The Labute approximate surface area is 131 Å². The van der Waals surface area contributed by atoms with Crippen molar-refractivity contribution < 1.29 is 4.79 Å². The standard InChI is InChI=1S/C12H15ClN6OS/c1-4-8-16-10(13)18-11(17-8)19-12-14-5-7(21-12)9(20)15-6(2)3/h5-6H,4H2,1-3H3,(H,15,20)(H,14,16,17,18,19). The summed E-state index contributed by atoms with van der Waals surface area (Å²) in [6.07, 6.45) is 2.16. The van der Waals surface area contributed by atoms with Crippen LogP contribution in [0, 0.1) is 0 Å². The maximum absolute atomic E-state index is 11.8. The highest BCUT2D eigenvalue weighted by molar-refractivity contribution is 7.17. The average molecular weight is 327 g/mol. The minimum Gasteiger partial charge on any atom is -0.349 e. The molecule has 9 heteroatoms. The molecule has 21 heavy (non-hydrogen) atoms. The topological polar surface area (TPSA) is 92.7 Å². The lowest BCUT2D eigenvalue weighted by Gasteiger charge is -2.05. The molecule has 0 saturated heterocycles. The molecule has 0 fully saturated rings. The van der Waals surface area contributed by atoms with Gasteiger partial charge in [0.1, 0.15) is 10.7 Å². The van der Waals surface area contributed by atoms with E-state index >= 15 is 0 Å². The molecule has 0 saturated carbocycles. The van der Waals surface area contributed by atoms with Crippen LogP contribution in [0.1, 0.15) is 36.3 Å². The number of nitrogens with zero attached hydrogens (tertiary/aromatic N) is 4. The van der Waals surface area contributed by atoms with E-state index in [-0.39, 0.29) is 17.2 Å². The maximum Gasteiger partial charge on any atom is 0.263 e. The van der Waals surface area contributed by atoms with Crippen molar-refractivity contribution in [3.05, 3.63) is 22.2 Å². The second-order valence-electron chi connectivity index (χ2n) is 4.48. The molecule has 7 nitrogen and oxygen atoms in total. The van der Waals surface area contributed by atoms with Crippen LogP contribution < -0.4 is 10.6 Å². The third-order valence-corrected chi connectivity index (χ3v) is 3.42. The maximum atomic E-state index is 11.8. The van der Waals surface area contributed by atoms with Crippen LogP contribution in [0.3, 0.4) is 0 Å². The van der Waals surface area contributed by atoms with E-state index in [1.54, 1.807) is 0 Å². The van der Waals surface area contributed by atoms with Crippen molar-refractivity contribution in [1.29, 1.82) is 0 Å². The fraction of sp³-hybridized carbons (Fsp3) is 0.417. The zero-order valence-electron chi connectivity index (χ0n) is 11.8. The molecule has 2 aromatic heterocycles. The fourth-order valence-corrected chi connectivity index (χ4v) is 2.36. The number of rotatable bonds is 5. The van der Waals surface area contributed by atoms with Crippen LogP contribution in [0.4, 0.5) is 11.1 Å². The summed E-state index contributed by atoms with van der Waals surface area (Å²) in [5.41, 5.74) is 0.